The van der Waals surface area contributed by atoms with E-state index in [-0.39, 0.29) is 18.1 Å². The minimum Gasteiger partial charge on any atom is -0.275 e. The van der Waals surface area contributed by atoms with E-state index in [9.17, 15) is 8.78 Å². The van der Waals surface area contributed by atoms with Crippen molar-refractivity contribution in [2.75, 3.05) is 5.43 Å². The number of hydrogen-bond donors (Lipinski definition) is 1. The van der Waals surface area contributed by atoms with Gasteiger partial charge in [0.1, 0.15) is 5.82 Å². The summed E-state index contributed by atoms with van der Waals surface area (Å²) in [5, 5.41) is 6.43. The van der Waals surface area contributed by atoms with Crippen molar-refractivity contribution in [3.8, 4) is 0 Å². The summed E-state index contributed by atoms with van der Waals surface area (Å²) in [6.45, 7) is 1.83. The van der Waals surface area contributed by atoms with Crippen LogP contribution < -0.4 is 5.43 Å². The molecule has 0 spiro atoms. The molecule has 0 aromatic heterocycles. The van der Waals surface area contributed by atoms with Gasteiger partial charge >= 0.3 is 0 Å². The van der Waals surface area contributed by atoms with Gasteiger partial charge in [-0.05, 0) is 41.5 Å². The van der Waals surface area contributed by atoms with Crippen molar-refractivity contribution in [2.24, 2.45) is 5.10 Å². The Bertz CT molecular complexity index is 863. The molecule has 0 heterocycles. The van der Waals surface area contributed by atoms with Gasteiger partial charge in [-0.25, -0.2) is 8.78 Å². The third-order valence-electron chi connectivity index (χ3n) is 3.44. The molecule has 0 saturated heterocycles. The van der Waals surface area contributed by atoms with Crippen molar-refractivity contribution < 1.29 is 8.78 Å². The van der Waals surface area contributed by atoms with E-state index in [1.165, 1.54) is 12.1 Å². The Morgan fingerprint density at radius 1 is 0.913 bits per heavy atom. The minimum absolute atomic E-state index is 0. The number of benzene rings is 3. The van der Waals surface area contributed by atoms with Crippen molar-refractivity contribution in [1.82, 2.24) is 0 Å². The van der Waals surface area contributed by atoms with Crippen LogP contribution in [-0.4, -0.2) is 5.71 Å². The molecule has 0 atom stereocenters. The summed E-state index contributed by atoms with van der Waals surface area (Å²) in [6, 6.07) is 17.4. The zero-order valence-corrected chi connectivity index (χ0v) is 13.2. The summed E-state index contributed by atoms with van der Waals surface area (Å²) in [6.07, 6.45) is 0. The highest BCUT2D eigenvalue weighted by Crippen LogP contribution is 2.18. The van der Waals surface area contributed by atoms with Gasteiger partial charge in [0, 0.05) is 6.07 Å². The number of halogens is 3. The quantitative estimate of drug-likeness (QED) is 0.505. The van der Waals surface area contributed by atoms with Crippen molar-refractivity contribution in [3.63, 3.8) is 0 Å². The average molecular weight is 333 g/mol. The molecule has 3 aromatic carbocycles. The molecule has 0 aliphatic heterocycles. The van der Waals surface area contributed by atoms with Gasteiger partial charge in [-0.2, -0.15) is 5.10 Å². The number of rotatable bonds is 3. The topological polar surface area (TPSA) is 24.4 Å². The lowest BCUT2D eigenvalue weighted by atomic mass is 10.0. The molecule has 2 nitrogen and oxygen atoms in total. The normalized spacial score (nSPS) is 11.2. The summed E-state index contributed by atoms with van der Waals surface area (Å²) >= 11 is 0. The van der Waals surface area contributed by atoms with E-state index in [1.54, 1.807) is 0 Å². The Kier molecular flexibility index (Phi) is 5.29. The Morgan fingerprint density at radius 3 is 2.39 bits per heavy atom. The van der Waals surface area contributed by atoms with Crippen LogP contribution in [0, 0.1) is 11.6 Å². The van der Waals surface area contributed by atoms with E-state index >= 15 is 0 Å². The lowest BCUT2D eigenvalue weighted by Crippen LogP contribution is -2.01. The number of nitrogens with one attached hydrogen (secondary N) is 1. The molecule has 0 bridgehead atoms. The first kappa shape index (κ1) is 16.9. The van der Waals surface area contributed by atoms with Crippen molar-refractivity contribution in [3.05, 3.63) is 77.9 Å². The fourth-order valence-electron chi connectivity index (χ4n) is 2.20. The van der Waals surface area contributed by atoms with Gasteiger partial charge in [0.05, 0.1) is 11.4 Å². The van der Waals surface area contributed by atoms with Gasteiger partial charge in [-0.15, -0.1) is 12.4 Å². The van der Waals surface area contributed by atoms with Gasteiger partial charge in [0.2, 0.25) is 0 Å². The Balaban J connectivity index is 0.00000192. The zero-order chi connectivity index (χ0) is 15.5. The van der Waals surface area contributed by atoms with Crippen LogP contribution in [0.25, 0.3) is 10.8 Å². The Hall–Kier alpha value is -2.46. The monoisotopic (exact) mass is 332 g/mol. The Labute approximate surface area is 139 Å². The van der Waals surface area contributed by atoms with Gasteiger partial charge in [-0.3, -0.25) is 5.43 Å². The summed E-state index contributed by atoms with van der Waals surface area (Å²) in [7, 11) is 0. The van der Waals surface area contributed by atoms with Crippen LogP contribution in [0.15, 0.2) is 65.8 Å². The van der Waals surface area contributed by atoms with Crippen molar-refractivity contribution >= 4 is 34.6 Å². The van der Waals surface area contributed by atoms with Crippen LogP contribution in [0.1, 0.15) is 12.5 Å². The largest absolute Gasteiger partial charge is 0.275 e. The maximum Gasteiger partial charge on any atom is 0.151 e. The first-order valence-electron chi connectivity index (χ1n) is 6.88. The molecule has 1 N–H and O–H groups in total. The fourth-order valence-corrected chi connectivity index (χ4v) is 2.20. The maximum atomic E-state index is 13.5. The van der Waals surface area contributed by atoms with E-state index in [0.717, 1.165) is 28.1 Å². The molecule has 0 aliphatic carbocycles. The predicted molar refractivity (Wildman–Crippen MR) is 93.4 cm³/mol. The molecule has 0 unspecified atom stereocenters. The highest BCUT2D eigenvalue weighted by molar-refractivity contribution is 6.02. The standard InChI is InChI=1S/C18H14F2N2.ClH/c1-12(21-22-18-9-8-16(19)11-17(18)20)14-7-6-13-4-2-3-5-15(13)10-14;/h2-11,22H,1H3;1H/b21-12+;. The molecule has 0 fully saturated rings. The summed E-state index contributed by atoms with van der Waals surface area (Å²) in [5.74, 6) is -1.28. The average Bonchev–Trinajstić information content (AvgIpc) is 2.53. The maximum absolute atomic E-state index is 13.5. The molecule has 0 aliphatic rings. The van der Waals surface area contributed by atoms with Crippen LogP contribution in [0.3, 0.4) is 0 Å². The van der Waals surface area contributed by atoms with Crippen LogP contribution >= 0.6 is 12.4 Å². The molecule has 118 valence electrons. The second-order valence-corrected chi connectivity index (χ2v) is 5.00. The number of fused-ring (bicyclic) bond motifs is 1. The minimum atomic E-state index is -0.671. The van der Waals surface area contributed by atoms with Crippen molar-refractivity contribution in [2.45, 2.75) is 6.92 Å². The first-order valence-corrected chi connectivity index (χ1v) is 6.88. The van der Waals surface area contributed by atoms with E-state index < -0.39 is 11.6 Å². The van der Waals surface area contributed by atoms with E-state index in [4.69, 9.17) is 0 Å². The van der Waals surface area contributed by atoms with Crippen LogP contribution in [0.2, 0.25) is 0 Å². The third kappa shape index (κ3) is 3.85. The van der Waals surface area contributed by atoms with E-state index in [2.05, 4.69) is 10.5 Å². The molecule has 0 radical (unpaired) electrons. The fraction of sp³-hybridized carbons (Fsp3) is 0.0556. The van der Waals surface area contributed by atoms with E-state index in [1.807, 2.05) is 49.4 Å². The van der Waals surface area contributed by atoms with Crippen molar-refractivity contribution in [1.29, 1.82) is 0 Å². The molecule has 5 heteroatoms. The second-order valence-electron chi connectivity index (χ2n) is 5.00. The van der Waals surface area contributed by atoms with E-state index in [0.29, 0.717) is 0 Å². The summed E-state index contributed by atoms with van der Waals surface area (Å²) in [5.41, 5.74) is 4.43. The molecular formula is C18H15ClF2N2. The summed E-state index contributed by atoms with van der Waals surface area (Å²) in [4.78, 5) is 0. The highest BCUT2D eigenvalue weighted by atomic mass is 35.5. The molecule has 3 rings (SSSR count). The van der Waals surface area contributed by atoms with Crippen LogP contribution in [0.4, 0.5) is 14.5 Å². The van der Waals surface area contributed by atoms with Crippen LogP contribution in [-0.2, 0) is 0 Å². The number of hydrazone groups is 1. The third-order valence-corrected chi connectivity index (χ3v) is 3.44. The molecule has 23 heavy (non-hydrogen) atoms. The first-order chi connectivity index (χ1) is 10.6. The van der Waals surface area contributed by atoms with Crippen LogP contribution in [0.5, 0.6) is 0 Å². The van der Waals surface area contributed by atoms with Gasteiger partial charge in [-0.1, -0.05) is 36.4 Å². The second kappa shape index (κ2) is 7.20. The van der Waals surface area contributed by atoms with Gasteiger partial charge in [0.15, 0.2) is 5.82 Å². The van der Waals surface area contributed by atoms with Gasteiger partial charge in [0.25, 0.3) is 0 Å². The molecule has 0 saturated carbocycles. The predicted octanol–water partition coefficient (Wildman–Crippen LogP) is 5.38. The lowest BCUT2D eigenvalue weighted by molar-refractivity contribution is 0.585. The number of anilines is 1. The smallest absolute Gasteiger partial charge is 0.151 e. The lowest BCUT2D eigenvalue weighted by Gasteiger charge is -2.06. The van der Waals surface area contributed by atoms with Gasteiger partial charge < -0.3 is 0 Å². The number of hydrogen-bond acceptors (Lipinski definition) is 2. The molecule has 0 amide bonds. The summed E-state index contributed by atoms with van der Waals surface area (Å²) < 4.78 is 26.4. The molecular weight excluding hydrogens is 318 g/mol. The highest BCUT2D eigenvalue weighted by Gasteiger charge is 2.04. The Morgan fingerprint density at radius 2 is 1.65 bits per heavy atom. The molecule has 3 aromatic rings. The zero-order valence-electron chi connectivity index (χ0n) is 12.4. The SMILES string of the molecule is C/C(=N\Nc1ccc(F)cc1F)c1ccc2ccccc2c1.Cl. The number of nitrogens with zero attached hydrogens (tertiary/aromatic N) is 1.